The van der Waals surface area contributed by atoms with Crippen molar-refractivity contribution in [2.45, 2.75) is 39.0 Å². The fourth-order valence-electron chi connectivity index (χ4n) is 2.47. The van der Waals surface area contributed by atoms with Crippen molar-refractivity contribution >= 4 is 18.3 Å². The van der Waals surface area contributed by atoms with Crippen LogP contribution >= 0.6 is 12.4 Å². The van der Waals surface area contributed by atoms with Gasteiger partial charge in [-0.15, -0.1) is 12.4 Å². The molecule has 1 N–H and O–H groups in total. The molecule has 0 aromatic rings. The Bertz CT molecular complexity index is 238. The van der Waals surface area contributed by atoms with Gasteiger partial charge >= 0.3 is 0 Å². The Kier molecular flexibility index (Phi) is 6.28. The van der Waals surface area contributed by atoms with E-state index >= 15 is 0 Å². The first kappa shape index (κ1) is 14.8. The van der Waals surface area contributed by atoms with Crippen LogP contribution in [-0.4, -0.2) is 37.0 Å². The zero-order chi connectivity index (χ0) is 11.4. The van der Waals surface area contributed by atoms with E-state index in [1.54, 1.807) is 0 Å². The Hall–Kier alpha value is -0.280. The summed E-state index contributed by atoms with van der Waals surface area (Å²) in [6, 6.07) is 0. The van der Waals surface area contributed by atoms with Gasteiger partial charge in [-0.05, 0) is 57.5 Å². The van der Waals surface area contributed by atoms with Crippen LogP contribution in [0.25, 0.3) is 0 Å². The average Bonchev–Trinajstić information content (AvgIpc) is 2.96. The highest BCUT2D eigenvalue weighted by molar-refractivity contribution is 5.85. The smallest absolute Gasteiger partial charge is 0.222 e. The standard InChI is InChI=1S/C13H24N2O.ClH/c1-2-15(10-12-3-4-12)13(16)6-5-11-7-8-14-9-11;/h11-12,14H,2-10H2,1H3;1H. The molecule has 0 radical (unpaired) electrons. The SMILES string of the molecule is CCN(CC1CC1)C(=O)CCC1CCNC1.Cl. The van der Waals surface area contributed by atoms with Gasteiger partial charge in [0.1, 0.15) is 0 Å². The summed E-state index contributed by atoms with van der Waals surface area (Å²) in [4.78, 5) is 14.1. The van der Waals surface area contributed by atoms with Gasteiger partial charge in [-0.2, -0.15) is 0 Å². The van der Waals surface area contributed by atoms with Gasteiger partial charge in [-0.25, -0.2) is 0 Å². The molecule has 1 amide bonds. The summed E-state index contributed by atoms with van der Waals surface area (Å²) >= 11 is 0. The predicted molar refractivity (Wildman–Crippen MR) is 72.4 cm³/mol. The second kappa shape index (κ2) is 7.22. The van der Waals surface area contributed by atoms with Gasteiger partial charge in [0.25, 0.3) is 0 Å². The summed E-state index contributed by atoms with van der Waals surface area (Å²) in [5.41, 5.74) is 0. The van der Waals surface area contributed by atoms with Crippen molar-refractivity contribution < 1.29 is 4.79 Å². The fraction of sp³-hybridized carbons (Fsp3) is 0.923. The minimum Gasteiger partial charge on any atom is -0.343 e. The molecule has 2 aliphatic rings. The molecule has 4 heteroatoms. The van der Waals surface area contributed by atoms with E-state index in [4.69, 9.17) is 0 Å². The van der Waals surface area contributed by atoms with E-state index in [2.05, 4.69) is 17.1 Å². The number of nitrogens with one attached hydrogen (secondary N) is 1. The monoisotopic (exact) mass is 260 g/mol. The lowest BCUT2D eigenvalue weighted by Gasteiger charge is -2.21. The molecule has 0 bridgehead atoms. The molecule has 1 aliphatic carbocycles. The minimum atomic E-state index is 0. The Morgan fingerprint density at radius 1 is 1.29 bits per heavy atom. The Labute approximate surface area is 111 Å². The Morgan fingerprint density at radius 2 is 2.06 bits per heavy atom. The summed E-state index contributed by atoms with van der Waals surface area (Å²) in [6.45, 7) is 6.24. The largest absolute Gasteiger partial charge is 0.343 e. The van der Waals surface area contributed by atoms with E-state index in [0.717, 1.165) is 50.9 Å². The maximum Gasteiger partial charge on any atom is 0.222 e. The molecule has 2 fully saturated rings. The highest BCUT2D eigenvalue weighted by Gasteiger charge is 2.26. The van der Waals surface area contributed by atoms with Crippen LogP contribution in [0.15, 0.2) is 0 Å². The molecule has 3 nitrogen and oxygen atoms in total. The van der Waals surface area contributed by atoms with Crippen molar-refractivity contribution in [2.75, 3.05) is 26.2 Å². The first-order valence-electron chi connectivity index (χ1n) is 6.78. The van der Waals surface area contributed by atoms with Gasteiger partial charge in [0.05, 0.1) is 0 Å². The van der Waals surface area contributed by atoms with Crippen molar-refractivity contribution in [1.29, 1.82) is 0 Å². The Balaban J connectivity index is 0.00000144. The fourth-order valence-corrected chi connectivity index (χ4v) is 2.47. The van der Waals surface area contributed by atoms with Crippen LogP contribution in [-0.2, 0) is 4.79 Å². The summed E-state index contributed by atoms with van der Waals surface area (Å²) < 4.78 is 0. The quantitative estimate of drug-likeness (QED) is 0.793. The third-order valence-electron chi connectivity index (χ3n) is 3.84. The van der Waals surface area contributed by atoms with Crippen molar-refractivity contribution in [2.24, 2.45) is 11.8 Å². The number of hydrogen-bond acceptors (Lipinski definition) is 2. The van der Waals surface area contributed by atoms with E-state index in [-0.39, 0.29) is 12.4 Å². The number of hydrogen-bond donors (Lipinski definition) is 1. The minimum absolute atomic E-state index is 0. The third-order valence-corrected chi connectivity index (χ3v) is 3.84. The highest BCUT2D eigenvalue weighted by Crippen LogP contribution is 2.30. The van der Waals surface area contributed by atoms with E-state index < -0.39 is 0 Å². The van der Waals surface area contributed by atoms with Crippen molar-refractivity contribution in [1.82, 2.24) is 10.2 Å². The zero-order valence-electron chi connectivity index (χ0n) is 10.8. The molecule has 0 aromatic carbocycles. The molecule has 2 rings (SSSR count). The number of nitrogens with zero attached hydrogens (tertiary/aromatic N) is 1. The maximum atomic E-state index is 12.0. The maximum absolute atomic E-state index is 12.0. The van der Waals surface area contributed by atoms with Crippen LogP contribution in [0.4, 0.5) is 0 Å². The molecule has 1 saturated carbocycles. The van der Waals surface area contributed by atoms with Gasteiger partial charge in [-0.3, -0.25) is 4.79 Å². The average molecular weight is 261 g/mol. The molecule has 17 heavy (non-hydrogen) atoms. The summed E-state index contributed by atoms with van der Waals surface area (Å²) in [6.07, 6.45) is 5.74. The van der Waals surface area contributed by atoms with Crippen LogP contribution in [0.5, 0.6) is 0 Å². The summed E-state index contributed by atoms with van der Waals surface area (Å²) in [5.74, 6) is 1.93. The molecular weight excluding hydrogens is 236 g/mol. The lowest BCUT2D eigenvalue weighted by atomic mass is 10.0. The number of rotatable bonds is 6. The van der Waals surface area contributed by atoms with Crippen molar-refractivity contribution in [3.05, 3.63) is 0 Å². The number of amides is 1. The predicted octanol–water partition coefficient (Wildman–Crippen LogP) is 2.06. The number of halogens is 1. The number of carbonyl (C=O) groups excluding carboxylic acids is 1. The van der Waals surface area contributed by atoms with Gasteiger partial charge in [0.2, 0.25) is 5.91 Å². The van der Waals surface area contributed by atoms with Gasteiger partial charge in [0, 0.05) is 19.5 Å². The summed E-state index contributed by atoms with van der Waals surface area (Å²) in [5, 5.41) is 3.36. The van der Waals surface area contributed by atoms with Crippen LogP contribution in [0.3, 0.4) is 0 Å². The second-order valence-electron chi connectivity index (χ2n) is 5.27. The zero-order valence-corrected chi connectivity index (χ0v) is 11.6. The first-order valence-corrected chi connectivity index (χ1v) is 6.78. The molecule has 100 valence electrons. The molecule has 1 aliphatic heterocycles. The highest BCUT2D eigenvalue weighted by atomic mass is 35.5. The summed E-state index contributed by atoms with van der Waals surface area (Å²) in [7, 11) is 0. The van der Waals surface area contributed by atoms with Gasteiger partial charge in [-0.1, -0.05) is 0 Å². The van der Waals surface area contributed by atoms with E-state index in [1.165, 1.54) is 19.3 Å². The molecular formula is C13H25ClN2O. The van der Waals surface area contributed by atoms with Crippen LogP contribution in [0.1, 0.15) is 39.0 Å². The van der Waals surface area contributed by atoms with Crippen molar-refractivity contribution in [3.63, 3.8) is 0 Å². The third kappa shape index (κ3) is 4.84. The van der Waals surface area contributed by atoms with Crippen molar-refractivity contribution in [3.8, 4) is 0 Å². The molecule has 1 saturated heterocycles. The normalized spacial score (nSPS) is 23.2. The van der Waals surface area contributed by atoms with E-state index in [9.17, 15) is 4.79 Å². The topological polar surface area (TPSA) is 32.3 Å². The van der Waals surface area contributed by atoms with E-state index in [1.807, 2.05) is 0 Å². The molecule has 0 aromatic heterocycles. The number of carbonyl (C=O) groups is 1. The molecule has 0 spiro atoms. The lowest BCUT2D eigenvalue weighted by molar-refractivity contribution is -0.131. The molecule has 1 unspecified atom stereocenters. The molecule has 1 atom stereocenters. The van der Waals surface area contributed by atoms with Crippen LogP contribution < -0.4 is 5.32 Å². The molecule has 1 heterocycles. The Morgan fingerprint density at radius 3 is 2.59 bits per heavy atom. The first-order chi connectivity index (χ1) is 7.79. The van der Waals surface area contributed by atoms with Crippen LogP contribution in [0.2, 0.25) is 0 Å². The van der Waals surface area contributed by atoms with Crippen LogP contribution in [0, 0.1) is 11.8 Å². The van der Waals surface area contributed by atoms with Gasteiger partial charge in [0.15, 0.2) is 0 Å². The van der Waals surface area contributed by atoms with Gasteiger partial charge < -0.3 is 10.2 Å². The lowest BCUT2D eigenvalue weighted by Crippen LogP contribution is -2.32. The van der Waals surface area contributed by atoms with E-state index in [0.29, 0.717) is 5.91 Å². The second-order valence-corrected chi connectivity index (χ2v) is 5.27.